The van der Waals surface area contributed by atoms with Crippen molar-refractivity contribution in [2.45, 2.75) is 56.4 Å². The molecule has 29 heavy (non-hydrogen) atoms. The number of carbonyl (C=O) groups excluding carboxylic acids is 1. The lowest BCUT2D eigenvalue weighted by atomic mass is 9.94. The van der Waals surface area contributed by atoms with Crippen LogP contribution in [0.4, 0.5) is 0 Å². The van der Waals surface area contributed by atoms with Gasteiger partial charge in [0.1, 0.15) is 0 Å². The Morgan fingerprint density at radius 1 is 1.17 bits per heavy atom. The van der Waals surface area contributed by atoms with Crippen molar-refractivity contribution in [3.05, 3.63) is 51.7 Å². The van der Waals surface area contributed by atoms with Gasteiger partial charge in [-0.2, -0.15) is 0 Å². The van der Waals surface area contributed by atoms with E-state index in [4.69, 9.17) is 15.5 Å². The van der Waals surface area contributed by atoms with Gasteiger partial charge < -0.3 is 15.5 Å². The highest BCUT2D eigenvalue weighted by molar-refractivity contribution is 7.99. The summed E-state index contributed by atoms with van der Waals surface area (Å²) in [6, 6.07) is 12.2. The lowest BCUT2D eigenvalue weighted by Gasteiger charge is -2.24. The number of benzene rings is 1. The van der Waals surface area contributed by atoms with E-state index in [2.05, 4.69) is 31.2 Å². The van der Waals surface area contributed by atoms with Crippen LogP contribution in [-0.2, 0) is 11.0 Å². The van der Waals surface area contributed by atoms with Gasteiger partial charge in [-0.1, -0.05) is 17.7 Å². The Morgan fingerprint density at radius 3 is 2.52 bits per heavy atom. The molecular weight excluding hydrogens is 425 g/mol. The number of Topliss-reactive ketones (excluding diaryl/α,β-unsaturated/α-hetero) is 1. The molecule has 1 atom stereocenters. The molecule has 5 nitrogen and oxygen atoms in total. The summed E-state index contributed by atoms with van der Waals surface area (Å²) in [6.45, 7) is 3.88. The number of thioether (sulfide) groups is 1. The Balaban J connectivity index is 1.73. The maximum Gasteiger partial charge on any atom is 0.325 e. The summed E-state index contributed by atoms with van der Waals surface area (Å²) in [4.78, 5) is 33.5. The first kappa shape index (κ1) is 24.3. The first-order valence-corrected chi connectivity index (χ1v) is 13.3. The molecule has 0 aliphatic carbocycles. The van der Waals surface area contributed by atoms with Crippen LogP contribution in [0.25, 0.3) is 0 Å². The van der Waals surface area contributed by atoms with Crippen molar-refractivity contribution in [2.24, 2.45) is 5.73 Å². The minimum Gasteiger partial charge on any atom is -0.325 e. The fourth-order valence-corrected chi connectivity index (χ4v) is 5.41. The Bertz CT molecular complexity index is 843. The van der Waals surface area contributed by atoms with E-state index in [9.17, 15) is 9.36 Å². The van der Waals surface area contributed by atoms with Gasteiger partial charge in [-0.25, -0.2) is 0 Å². The first-order chi connectivity index (χ1) is 13.5. The largest absolute Gasteiger partial charge is 0.325 e. The van der Waals surface area contributed by atoms with Crippen LogP contribution in [0, 0.1) is 6.92 Å². The van der Waals surface area contributed by atoms with Crippen LogP contribution in [0.3, 0.4) is 0 Å². The first-order valence-electron chi connectivity index (χ1n) is 9.69. The number of aryl methyl sites for hydroxylation is 2. The molecule has 2 rings (SSSR count). The van der Waals surface area contributed by atoms with Gasteiger partial charge in [0.15, 0.2) is 5.78 Å². The van der Waals surface area contributed by atoms with Crippen LogP contribution >= 0.6 is 30.7 Å². The molecular formula is C21H30NO4PS2. The van der Waals surface area contributed by atoms with Crippen LogP contribution in [0.1, 0.15) is 52.7 Å². The molecule has 1 aromatic heterocycles. The van der Waals surface area contributed by atoms with Crippen LogP contribution in [0.15, 0.2) is 41.3 Å². The topological polar surface area (TPSA) is 101 Å². The van der Waals surface area contributed by atoms with Gasteiger partial charge in [0.25, 0.3) is 0 Å². The highest BCUT2D eigenvalue weighted by Crippen LogP contribution is 2.37. The third kappa shape index (κ3) is 9.60. The molecule has 0 spiro atoms. The van der Waals surface area contributed by atoms with Crippen molar-refractivity contribution in [2.75, 3.05) is 11.9 Å². The van der Waals surface area contributed by atoms with Gasteiger partial charge in [-0.3, -0.25) is 9.36 Å². The maximum atomic E-state index is 12.4. The molecule has 0 saturated carbocycles. The molecule has 0 saturated heterocycles. The van der Waals surface area contributed by atoms with E-state index in [1.165, 1.54) is 21.8 Å². The smallest absolute Gasteiger partial charge is 0.325 e. The molecule has 0 radical (unpaired) electrons. The summed E-state index contributed by atoms with van der Waals surface area (Å²) >= 11 is 3.27. The molecule has 0 fully saturated rings. The molecule has 0 aliphatic rings. The van der Waals surface area contributed by atoms with Crippen LogP contribution < -0.4 is 5.73 Å². The minimum absolute atomic E-state index is 0.169. The van der Waals surface area contributed by atoms with E-state index in [0.29, 0.717) is 19.3 Å². The van der Waals surface area contributed by atoms with Crippen molar-refractivity contribution in [1.82, 2.24) is 0 Å². The van der Waals surface area contributed by atoms with E-state index < -0.39 is 13.1 Å². The van der Waals surface area contributed by atoms with Gasteiger partial charge >= 0.3 is 7.60 Å². The Hall–Kier alpha value is -0.950. The molecule has 4 N–H and O–H groups in total. The SMILES string of the molecule is Cc1ccc(SCCCC(=O)c2ccc(CCC(C)(N)CCP(=O)(O)O)s2)cc1. The molecule has 0 amide bonds. The average molecular weight is 456 g/mol. The van der Waals surface area contributed by atoms with Crippen molar-refractivity contribution in [3.8, 4) is 0 Å². The lowest BCUT2D eigenvalue weighted by molar-refractivity contribution is 0.0986. The summed E-state index contributed by atoms with van der Waals surface area (Å²) in [5.41, 5.74) is 6.78. The number of nitrogens with two attached hydrogens (primary N) is 1. The normalized spacial score (nSPS) is 14.0. The Labute approximate surface area is 181 Å². The van der Waals surface area contributed by atoms with Crippen LogP contribution in [0.2, 0.25) is 0 Å². The fraction of sp³-hybridized carbons (Fsp3) is 0.476. The number of ketones is 1. The quantitative estimate of drug-likeness (QED) is 0.180. The number of hydrogen-bond acceptors (Lipinski definition) is 5. The Morgan fingerprint density at radius 2 is 1.86 bits per heavy atom. The van der Waals surface area contributed by atoms with Crippen LogP contribution in [-0.4, -0.2) is 33.0 Å². The molecule has 1 heterocycles. The zero-order chi connectivity index (χ0) is 21.5. The van der Waals surface area contributed by atoms with E-state index in [0.717, 1.165) is 21.9 Å². The minimum atomic E-state index is -4.03. The lowest BCUT2D eigenvalue weighted by Crippen LogP contribution is -2.37. The highest BCUT2D eigenvalue weighted by atomic mass is 32.2. The second-order valence-corrected chi connectivity index (χ2v) is 11.9. The Kier molecular flexibility index (Phi) is 9.14. The van der Waals surface area contributed by atoms with Crippen molar-refractivity contribution in [1.29, 1.82) is 0 Å². The summed E-state index contributed by atoms with van der Waals surface area (Å²) < 4.78 is 11.0. The zero-order valence-electron chi connectivity index (χ0n) is 17.0. The highest BCUT2D eigenvalue weighted by Gasteiger charge is 2.24. The third-order valence-electron chi connectivity index (χ3n) is 4.69. The molecule has 160 valence electrons. The van der Waals surface area contributed by atoms with Gasteiger partial charge in [-0.15, -0.1) is 23.1 Å². The molecule has 2 aromatic rings. The summed E-state index contributed by atoms with van der Waals surface area (Å²) in [7, 11) is -4.03. The summed E-state index contributed by atoms with van der Waals surface area (Å²) in [5, 5.41) is 0. The predicted octanol–water partition coefficient (Wildman–Crippen LogP) is 5.03. The van der Waals surface area contributed by atoms with Crippen molar-refractivity contribution in [3.63, 3.8) is 0 Å². The summed E-state index contributed by atoms with van der Waals surface area (Å²) in [5.74, 6) is 1.08. The standard InChI is InChI=1S/C21H30NO4PS2/c1-16-5-7-17(8-6-16)28-15-3-4-19(23)20-10-9-18(29-20)11-12-21(2,22)13-14-27(24,25)26/h5-10H,3-4,11-15,22H2,1-2H3,(H2,24,25,26). The zero-order valence-corrected chi connectivity index (χ0v) is 19.5. The van der Waals surface area contributed by atoms with Gasteiger partial charge in [-0.05, 0) is 69.5 Å². The van der Waals surface area contributed by atoms with Crippen molar-refractivity contribution < 1.29 is 19.1 Å². The van der Waals surface area contributed by atoms with Gasteiger partial charge in [0.05, 0.1) is 11.0 Å². The number of rotatable bonds is 12. The van der Waals surface area contributed by atoms with E-state index >= 15 is 0 Å². The fourth-order valence-electron chi connectivity index (χ4n) is 2.78. The van der Waals surface area contributed by atoms with Crippen LogP contribution in [0.5, 0.6) is 0 Å². The molecule has 1 unspecified atom stereocenters. The van der Waals surface area contributed by atoms with E-state index in [1.807, 2.05) is 19.1 Å². The molecule has 0 bridgehead atoms. The molecule has 0 aliphatic heterocycles. The number of thiophene rings is 1. The molecule has 8 heteroatoms. The monoisotopic (exact) mass is 455 g/mol. The second-order valence-electron chi connectivity index (χ2n) is 7.75. The van der Waals surface area contributed by atoms with E-state index in [1.54, 1.807) is 11.8 Å². The van der Waals surface area contributed by atoms with Crippen molar-refractivity contribution >= 4 is 36.5 Å². The number of carbonyl (C=O) groups is 1. The van der Waals surface area contributed by atoms with Gasteiger partial charge in [0.2, 0.25) is 0 Å². The molecule has 1 aromatic carbocycles. The predicted molar refractivity (Wildman–Crippen MR) is 122 cm³/mol. The average Bonchev–Trinajstić information content (AvgIpc) is 3.12. The summed E-state index contributed by atoms with van der Waals surface area (Å²) in [6.07, 6.45) is 2.77. The number of hydrogen-bond donors (Lipinski definition) is 3. The van der Waals surface area contributed by atoms with E-state index in [-0.39, 0.29) is 18.4 Å². The maximum absolute atomic E-state index is 12.4. The van der Waals surface area contributed by atoms with Gasteiger partial charge in [0, 0.05) is 21.7 Å². The third-order valence-corrected chi connectivity index (χ3v) is 7.78. The second kappa shape index (κ2) is 10.9.